The van der Waals surface area contributed by atoms with Gasteiger partial charge in [-0.05, 0) is 43.9 Å². The maximum Gasteiger partial charge on any atom is 0.234 e. The van der Waals surface area contributed by atoms with Crippen molar-refractivity contribution in [2.24, 2.45) is 0 Å². The highest BCUT2D eigenvalue weighted by Gasteiger charge is 2.22. The summed E-state index contributed by atoms with van der Waals surface area (Å²) in [6, 6.07) is 7.25. The Kier molecular flexibility index (Phi) is 6.18. The minimum atomic E-state index is -0.200. The average Bonchev–Trinajstić information content (AvgIpc) is 2.50. The van der Waals surface area contributed by atoms with Crippen molar-refractivity contribution in [1.29, 1.82) is 0 Å². The molecule has 1 aliphatic heterocycles. The number of carbonyl (C=O) groups is 1. The van der Waals surface area contributed by atoms with Crippen LogP contribution in [0.1, 0.15) is 38.2 Å². The number of halogens is 1. The van der Waals surface area contributed by atoms with Crippen molar-refractivity contribution in [3.8, 4) is 0 Å². The molecule has 2 rings (SSSR count). The summed E-state index contributed by atoms with van der Waals surface area (Å²) < 4.78 is 13.5. The van der Waals surface area contributed by atoms with E-state index in [9.17, 15) is 9.18 Å². The molecule has 116 valence electrons. The lowest BCUT2D eigenvalue weighted by Gasteiger charge is -2.34. The number of rotatable bonds is 6. The van der Waals surface area contributed by atoms with E-state index in [0.717, 1.165) is 13.0 Å². The number of nitrogens with one attached hydrogen (secondary N) is 1. The fourth-order valence-electron chi connectivity index (χ4n) is 3.01. The van der Waals surface area contributed by atoms with Gasteiger partial charge in [-0.15, -0.1) is 0 Å². The molecule has 0 radical (unpaired) electrons. The molecule has 3 nitrogen and oxygen atoms in total. The molecule has 1 aromatic carbocycles. The number of hydrogen-bond donors (Lipinski definition) is 1. The van der Waals surface area contributed by atoms with Crippen LogP contribution in [0.25, 0.3) is 0 Å². The molecular formula is C17H25FN2O. The van der Waals surface area contributed by atoms with Gasteiger partial charge < -0.3 is 5.32 Å². The Bertz CT molecular complexity index is 464. The van der Waals surface area contributed by atoms with Gasteiger partial charge in [0.15, 0.2) is 0 Å². The summed E-state index contributed by atoms with van der Waals surface area (Å²) in [5.74, 6) is -0.152. The molecule has 1 aromatic rings. The summed E-state index contributed by atoms with van der Waals surface area (Å²) in [5, 5.41) is 2.90. The maximum atomic E-state index is 13.5. The number of benzene rings is 1. The van der Waals surface area contributed by atoms with Gasteiger partial charge in [0.1, 0.15) is 5.82 Å². The van der Waals surface area contributed by atoms with E-state index in [1.165, 1.54) is 25.3 Å². The van der Waals surface area contributed by atoms with E-state index in [2.05, 4.69) is 17.1 Å². The van der Waals surface area contributed by atoms with E-state index in [4.69, 9.17) is 0 Å². The van der Waals surface area contributed by atoms with Crippen LogP contribution in [-0.4, -0.2) is 36.5 Å². The second kappa shape index (κ2) is 8.13. The zero-order valence-electron chi connectivity index (χ0n) is 12.8. The highest BCUT2D eigenvalue weighted by molar-refractivity contribution is 5.78. The van der Waals surface area contributed by atoms with Crippen LogP contribution in [0.5, 0.6) is 0 Å². The lowest BCUT2D eigenvalue weighted by molar-refractivity contribution is -0.123. The van der Waals surface area contributed by atoms with E-state index >= 15 is 0 Å². The molecule has 1 unspecified atom stereocenters. The van der Waals surface area contributed by atoms with Crippen molar-refractivity contribution in [3.63, 3.8) is 0 Å². The summed E-state index contributed by atoms with van der Waals surface area (Å²) in [6.45, 7) is 4.15. The smallest absolute Gasteiger partial charge is 0.234 e. The Morgan fingerprint density at radius 1 is 1.38 bits per heavy atom. The molecule has 1 amide bonds. The second-order valence-electron chi connectivity index (χ2n) is 5.72. The topological polar surface area (TPSA) is 32.3 Å². The lowest BCUT2D eigenvalue weighted by atomic mass is 10.00. The molecule has 1 atom stereocenters. The van der Waals surface area contributed by atoms with Gasteiger partial charge in [0.05, 0.1) is 6.54 Å². The zero-order valence-corrected chi connectivity index (χ0v) is 12.8. The summed E-state index contributed by atoms with van der Waals surface area (Å²) >= 11 is 0. The number of nitrogens with zero attached hydrogens (tertiary/aromatic N) is 1. The fraction of sp³-hybridized carbons (Fsp3) is 0.588. The van der Waals surface area contributed by atoms with Gasteiger partial charge in [-0.25, -0.2) is 4.39 Å². The van der Waals surface area contributed by atoms with Crippen LogP contribution < -0.4 is 5.32 Å². The molecule has 4 heteroatoms. The third-order valence-electron chi connectivity index (χ3n) is 4.24. The van der Waals surface area contributed by atoms with E-state index in [1.54, 1.807) is 12.1 Å². The molecule has 0 bridgehead atoms. The minimum absolute atomic E-state index is 0.0479. The summed E-state index contributed by atoms with van der Waals surface area (Å²) in [7, 11) is 0. The Labute approximate surface area is 126 Å². The van der Waals surface area contributed by atoms with Crippen molar-refractivity contribution in [2.45, 2.75) is 45.1 Å². The Morgan fingerprint density at radius 2 is 2.19 bits per heavy atom. The number of likely N-dealkylation sites (tertiary alicyclic amines) is 1. The number of hydrogen-bond acceptors (Lipinski definition) is 2. The molecule has 0 aliphatic carbocycles. The maximum absolute atomic E-state index is 13.5. The van der Waals surface area contributed by atoms with E-state index in [1.807, 2.05) is 6.07 Å². The monoisotopic (exact) mass is 292 g/mol. The van der Waals surface area contributed by atoms with E-state index in [-0.39, 0.29) is 11.7 Å². The van der Waals surface area contributed by atoms with Gasteiger partial charge in [-0.3, -0.25) is 9.69 Å². The molecule has 0 saturated carbocycles. The average molecular weight is 292 g/mol. The van der Waals surface area contributed by atoms with Crippen LogP contribution in [-0.2, 0) is 11.2 Å². The first-order valence-electron chi connectivity index (χ1n) is 7.95. The lowest BCUT2D eigenvalue weighted by Crippen LogP contribution is -2.45. The predicted octanol–water partition coefficient (Wildman–Crippen LogP) is 2.75. The third kappa shape index (κ3) is 4.81. The Morgan fingerprint density at radius 3 is 2.95 bits per heavy atom. The number of carbonyl (C=O) groups excluding carboxylic acids is 1. The Hall–Kier alpha value is -1.42. The van der Waals surface area contributed by atoms with Crippen LogP contribution in [0.3, 0.4) is 0 Å². The van der Waals surface area contributed by atoms with Crippen LogP contribution >= 0.6 is 0 Å². The number of piperidine rings is 1. The van der Waals surface area contributed by atoms with Crippen molar-refractivity contribution >= 4 is 5.91 Å². The first kappa shape index (κ1) is 16.0. The fourth-order valence-corrected chi connectivity index (χ4v) is 3.01. The van der Waals surface area contributed by atoms with Crippen molar-refractivity contribution in [1.82, 2.24) is 10.2 Å². The minimum Gasteiger partial charge on any atom is -0.355 e. The molecule has 1 heterocycles. The highest BCUT2D eigenvalue weighted by atomic mass is 19.1. The summed E-state index contributed by atoms with van der Waals surface area (Å²) in [4.78, 5) is 14.3. The van der Waals surface area contributed by atoms with E-state index in [0.29, 0.717) is 31.1 Å². The molecule has 1 saturated heterocycles. The van der Waals surface area contributed by atoms with Gasteiger partial charge >= 0.3 is 0 Å². The van der Waals surface area contributed by atoms with Crippen LogP contribution in [0.4, 0.5) is 4.39 Å². The van der Waals surface area contributed by atoms with Crippen LogP contribution in [0.15, 0.2) is 24.3 Å². The number of amides is 1. The first-order chi connectivity index (χ1) is 10.2. The molecule has 1 fully saturated rings. The molecule has 0 spiro atoms. The molecule has 1 N–H and O–H groups in total. The van der Waals surface area contributed by atoms with Crippen molar-refractivity contribution < 1.29 is 9.18 Å². The first-order valence-corrected chi connectivity index (χ1v) is 7.95. The zero-order chi connectivity index (χ0) is 15.1. The molecule has 0 aromatic heterocycles. The molecule has 21 heavy (non-hydrogen) atoms. The van der Waals surface area contributed by atoms with Gasteiger partial charge in [-0.1, -0.05) is 31.5 Å². The summed E-state index contributed by atoms with van der Waals surface area (Å²) in [6.07, 6.45) is 5.28. The molecular weight excluding hydrogens is 267 g/mol. The quantitative estimate of drug-likeness (QED) is 0.874. The predicted molar refractivity (Wildman–Crippen MR) is 82.6 cm³/mol. The molecule has 1 aliphatic rings. The van der Waals surface area contributed by atoms with Gasteiger partial charge in [-0.2, -0.15) is 0 Å². The SMILES string of the molecule is CCC1CCCCN1CC(=O)NCCc1ccccc1F. The van der Waals surface area contributed by atoms with Crippen LogP contribution in [0.2, 0.25) is 0 Å². The normalized spacial score (nSPS) is 19.4. The second-order valence-corrected chi connectivity index (χ2v) is 5.72. The van der Waals surface area contributed by atoms with E-state index < -0.39 is 0 Å². The van der Waals surface area contributed by atoms with Gasteiger partial charge in [0, 0.05) is 12.6 Å². The van der Waals surface area contributed by atoms with Gasteiger partial charge in [0.2, 0.25) is 5.91 Å². The van der Waals surface area contributed by atoms with Gasteiger partial charge in [0.25, 0.3) is 0 Å². The highest BCUT2D eigenvalue weighted by Crippen LogP contribution is 2.18. The standard InChI is InChI=1S/C17H25FN2O/c1-2-15-8-5-6-12-20(15)13-17(21)19-11-10-14-7-3-4-9-16(14)18/h3-4,7,9,15H,2,5-6,8,10-13H2,1H3,(H,19,21). The Balaban J connectivity index is 1.73. The largest absolute Gasteiger partial charge is 0.355 e. The van der Waals surface area contributed by atoms with Crippen molar-refractivity contribution in [3.05, 3.63) is 35.6 Å². The summed E-state index contributed by atoms with van der Waals surface area (Å²) in [5.41, 5.74) is 0.655. The van der Waals surface area contributed by atoms with Crippen molar-refractivity contribution in [2.75, 3.05) is 19.6 Å². The third-order valence-corrected chi connectivity index (χ3v) is 4.24. The van der Waals surface area contributed by atoms with Crippen LogP contribution in [0, 0.1) is 5.82 Å².